The predicted octanol–water partition coefficient (Wildman–Crippen LogP) is 1.60. The van der Waals surface area contributed by atoms with Crippen molar-refractivity contribution in [1.29, 1.82) is 0 Å². The number of likely N-dealkylation sites (N-methyl/N-ethyl adjacent to an activating group) is 1. The van der Waals surface area contributed by atoms with Gasteiger partial charge in [-0.3, -0.25) is 4.79 Å². The summed E-state index contributed by atoms with van der Waals surface area (Å²) in [5.74, 6) is 0.284. The molecule has 0 radical (unpaired) electrons. The SMILES string of the molecule is CC.CCNCC(=O)CC. The number of nitrogens with one attached hydrogen (secondary N) is 1. The highest BCUT2D eigenvalue weighted by atomic mass is 16.1. The smallest absolute Gasteiger partial charge is 0.146 e. The molecule has 0 rings (SSSR count). The molecule has 0 aliphatic rings. The average Bonchev–Trinajstić information content (AvgIpc) is 2.04. The molecule has 62 valence electrons. The molecule has 0 amide bonds. The van der Waals surface area contributed by atoms with E-state index in [-0.39, 0.29) is 5.78 Å². The highest BCUT2D eigenvalue weighted by Crippen LogP contribution is 1.75. The first-order valence-corrected chi connectivity index (χ1v) is 4.03. The predicted molar refractivity (Wildman–Crippen MR) is 45.2 cm³/mol. The maximum Gasteiger partial charge on any atom is 0.146 e. The molecular weight excluding hydrogens is 126 g/mol. The van der Waals surface area contributed by atoms with E-state index in [0.717, 1.165) is 6.54 Å². The maximum absolute atomic E-state index is 10.5. The topological polar surface area (TPSA) is 29.1 Å². The van der Waals surface area contributed by atoms with Crippen LogP contribution in [0.1, 0.15) is 34.1 Å². The van der Waals surface area contributed by atoms with Crippen LogP contribution < -0.4 is 5.32 Å². The van der Waals surface area contributed by atoms with Crippen LogP contribution in [-0.4, -0.2) is 18.9 Å². The summed E-state index contributed by atoms with van der Waals surface area (Å²) >= 11 is 0. The summed E-state index contributed by atoms with van der Waals surface area (Å²) < 4.78 is 0. The van der Waals surface area contributed by atoms with E-state index in [0.29, 0.717) is 13.0 Å². The number of hydrogen-bond acceptors (Lipinski definition) is 2. The van der Waals surface area contributed by atoms with Crippen molar-refractivity contribution in [3.8, 4) is 0 Å². The highest BCUT2D eigenvalue weighted by molar-refractivity contribution is 5.79. The lowest BCUT2D eigenvalue weighted by atomic mass is 10.3. The molecule has 2 heteroatoms. The first-order valence-electron chi connectivity index (χ1n) is 4.03. The Bertz CT molecular complexity index is 71.7. The minimum Gasteiger partial charge on any atom is -0.310 e. The van der Waals surface area contributed by atoms with Gasteiger partial charge in [-0.05, 0) is 6.54 Å². The van der Waals surface area contributed by atoms with Gasteiger partial charge in [0.1, 0.15) is 5.78 Å². The zero-order chi connectivity index (χ0) is 8.41. The zero-order valence-corrected chi connectivity index (χ0v) is 7.53. The normalized spacial score (nSPS) is 8.00. The fourth-order valence-electron chi connectivity index (χ4n) is 0.389. The van der Waals surface area contributed by atoms with Crippen LogP contribution in [0.5, 0.6) is 0 Å². The van der Waals surface area contributed by atoms with Crippen molar-refractivity contribution in [2.75, 3.05) is 13.1 Å². The second kappa shape index (κ2) is 11.4. The van der Waals surface area contributed by atoms with E-state index in [1.807, 2.05) is 27.7 Å². The summed E-state index contributed by atoms with van der Waals surface area (Å²) in [5.41, 5.74) is 0. The molecule has 0 heterocycles. The van der Waals surface area contributed by atoms with E-state index in [2.05, 4.69) is 5.32 Å². The zero-order valence-electron chi connectivity index (χ0n) is 7.53. The van der Waals surface area contributed by atoms with E-state index in [1.165, 1.54) is 0 Å². The summed E-state index contributed by atoms with van der Waals surface area (Å²) in [6, 6.07) is 0. The van der Waals surface area contributed by atoms with E-state index in [1.54, 1.807) is 0 Å². The van der Waals surface area contributed by atoms with Gasteiger partial charge in [0, 0.05) is 6.42 Å². The Labute approximate surface area is 64.0 Å². The Balaban J connectivity index is 0. The molecule has 0 aliphatic carbocycles. The third kappa shape index (κ3) is 10.6. The third-order valence-electron chi connectivity index (χ3n) is 0.967. The largest absolute Gasteiger partial charge is 0.310 e. The molecule has 0 bridgehead atoms. The van der Waals surface area contributed by atoms with Crippen LogP contribution in [0.3, 0.4) is 0 Å². The Morgan fingerprint density at radius 1 is 1.30 bits per heavy atom. The minimum absolute atomic E-state index is 0.284. The molecule has 0 aromatic rings. The first kappa shape index (κ1) is 12.3. The standard InChI is InChI=1S/C6H13NO.C2H6/c1-3-6(8)5-7-4-2;1-2/h7H,3-5H2,1-2H3;1-2H3. The Morgan fingerprint density at radius 3 is 2.10 bits per heavy atom. The molecule has 0 unspecified atom stereocenters. The molecule has 0 saturated heterocycles. The van der Waals surface area contributed by atoms with Crippen molar-refractivity contribution >= 4 is 5.78 Å². The van der Waals surface area contributed by atoms with Gasteiger partial charge in [0.25, 0.3) is 0 Å². The molecule has 0 aromatic carbocycles. The molecule has 0 aliphatic heterocycles. The summed E-state index contributed by atoms with van der Waals surface area (Å²) in [6.45, 7) is 9.28. The van der Waals surface area contributed by atoms with Crippen molar-refractivity contribution in [2.24, 2.45) is 0 Å². The van der Waals surface area contributed by atoms with Gasteiger partial charge in [-0.2, -0.15) is 0 Å². The molecule has 1 N–H and O–H groups in total. The lowest BCUT2D eigenvalue weighted by Gasteiger charge is -1.95. The molecular formula is C8H19NO. The Morgan fingerprint density at radius 2 is 1.80 bits per heavy atom. The number of rotatable bonds is 4. The fourth-order valence-corrected chi connectivity index (χ4v) is 0.389. The van der Waals surface area contributed by atoms with Gasteiger partial charge in [0.15, 0.2) is 0 Å². The second-order valence-electron chi connectivity index (χ2n) is 1.67. The summed E-state index contributed by atoms with van der Waals surface area (Å²) in [6.07, 6.45) is 0.646. The van der Waals surface area contributed by atoms with Crippen LogP contribution in [0, 0.1) is 0 Å². The lowest BCUT2D eigenvalue weighted by Crippen LogP contribution is -2.21. The number of Topliss-reactive ketones (excluding diaryl/α,β-unsaturated/α-hetero) is 1. The molecule has 0 saturated carbocycles. The van der Waals surface area contributed by atoms with Gasteiger partial charge >= 0.3 is 0 Å². The Hall–Kier alpha value is -0.370. The van der Waals surface area contributed by atoms with E-state index in [9.17, 15) is 4.79 Å². The van der Waals surface area contributed by atoms with Crippen LogP contribution >= 0.6 is 0 Å². The van der Waals surface area contributed by atoms with Crippen molar-refractivity contribution in [3.05, 3.63) is 0 Å². The van der Waals surface area contributed by atoms with Crippen LogP contribution in [0.4, 0.5) is 0 Å². The van der Waals surface area contributed by atoms with Crippen LogP contribution in [0.25, 0.3) is 0 Å². The average molecular weight is 145 g/mol. The van der Waals surface area contributed by atoms with Crippen molar-refractivity contribution in [1.82, 2.24) is 5.32 Å². The number of ketones is 1. The van der Waals surface area contributed by atoms with Gasteiger partial charge < -0.3 is 5.32 Å². The molecule has 0 spiro atoms. The minimum atomic E-state index is 0.284. The highest BCUT2D eigenvalue weighted by Gasteiger charge is 1.92. The quantitative estimate of drug-likeness (QED) is 0.651. The maximum atomic E-state index is 10.5. The second-order valence-corrected chi connectivity index (χ2v) is 1.67. The number of carbonyl (C=O) groups is 1. The first-order chi connectivity index (χ1) is 4.81. The van der Waals surface area contributed by atoms with Gasteiger partial charge in [-0.25, -0.2) is 0 Å². The third-order valence-corrected chi connectivity index (χ3v) is 0.967. The lowest BCUT2D eigenvalue weighted by molar-refractivity contribution is -0.117. The van der Waals surface area contributed by atoms with Gasteiger partial charge in [0.05, 0.1) is 6.54 Å². The van der Waals surface area contributed by atoms with Gasteiger partial charge in [-0.15, -0.1) is 0 Å². The monoisotopic (exact) mass is 145 g/mol. The van der Waals surface area contributed by atoms with E-state index in [4.69, 9.17) is 0 Å². The summed E-state index contributed by atoms with van der Waals surface area (Å²) in [4.78, 5) is 10.5. The van der Waals surface area contributed by atoms with Crippen LogP contribution in [0.2, 0.25) is 0 Å². The molecule has 0 atom stereocenters. The fraction of sp³-hybridized carbons (Fsp3) is 0.875. The summed E-state index contributed by atoms with van der Waals surface area (Å²) in [5, 5.41) is 2.95. The van der Waals surface area contributed by atoms with E-state index < -0.39 is 0 Å². The van der Waals surface area contributed by atoms with Crippen molar-refractivity contribution in [3.63, 3.8) is 0 Å². The molecule has 0 fully saturated rings. The summed E-state index contributed by atoms with van der Waals surface area (Å²) in [7, 11) is 0. The van der Waals surface area contributed by atoms with Gasteiger partial charge in [0.2, 0.25) is 0 Å². The molecule has 2 nitrogen and oxygen atoms in total. The van der Waals surface area contributed by atoms with Crippen molar-refractivity contribution in [2.45, 2.75) is 34.1 Å². The number of hydrogen-bond donors (Lipinski definition) is 1. The number of carbonyl (C=O) groups excluding carboxylic acids is 1. The van der Waals surface area contributed by atoms with Gasteiger partial charge in [-0.1, -0.05) is 27.7 Å². The van der Waals surface area contributed by atoms with Crippen molar-refractivity contribution < 1.29 is 4.79 Å². The van der Waals surface area contributed by atoms with Crippen LogP contribution in [-0.2, 0) is 4.79 Å². The van der Waals surface area contributed by atoms with E-state index >= 15 is 0 Å². The Kier molecular flexibility index (Phi) is 14.1. The van der Waals surface area contributed by atoms with Crippen LogP contribution in [0.15, 0.2) is 0 Å². The molecule has 0 aromatic heterocycles. The molecule has 10 heavy (non-hydrogen) atoms.